The van der Waals surface area contributed by atoms with Crippen molar-refractivity contribution in [3.05, 3.63) is 59.4 Å². The first-order chi connectivity index (χ1) is 14.1. The van der Waals surface area contributed by atoms with Crippen LogP contribution in [-0.2, 0) is 0 Å². The Kier molecular flexibility index (Phi) is 7.92. The first-order valence-electron chi connectivity index (χ1n) is 9.85. The van der Waals surface area contributed by atoms with E-state index in [0.29, 0.717) is 16.8 Å². The zero-order valence-electron chi connectivity index (χ0n) is 17.3. The number of hydrogen-bond donors (Lipinski definition) is 3. The van der Waals surface area contributed by atoms with Gasteiger partial charge >= 0.3 is 6.09 Å². The molecule has 0 bridgehead atoms. The van der Waals surface area contributed by atoms with Crippen LogP contribution in [0.15, 0.2) is 36.4 Å². The SMILES string of the molecule is CC(C)C.Fc1ccc(-c2[nH]c3c(F)cc(F)cc3c2C2CCC2)cc1.NC(=O)O. The molecule has 1 aromatic heterocycles. The van der Waals surface area contributed by atoms with Gasteiger partial charge in [-0.15, -0.1) is 0 Å². The molecule has 1 heterocycles. The van der Waals surface area contributed by atoms with Crippen LogP contribution in [0.1, 0.15) is 51.5 Å². The molecule has 0 unspecified atom stereocenters. The van der Waals surface area contributed by atoms with Crippen LogP contribution in [-0.4, -0.2) is 16.2 Å². The van der Waals surface area contributed by atoms with Crippen molar-refractivity contribution in [1.82, 2.24) is 4.98 Å². The minimum absolute atomic E-state index is 0.301. The van der Waals surface area contributed by atoms with Crippen LogP contribution < -0.4 is 5.73 Å². The van der Waals surface area contributed by atoms with Gasteiger partial charge in [-0.2, -0.15) is 0 Å². The van der Waals surface area contributed by atoms with Gasteiger partial charge in [-0.05, 0) is 66.1 Å². The summed E-state index contributed by atoms with van der Waals surface area (Å²) in [4.78, 5) is 11.9. The minimum atomic E-state index is -1.33. The third kappa shape index (κ3) is 6.02. The molecule has 7 heteroatoms. The fraction of sp³-hybridized carbons (Fsp3) is 0.348. The molecule has 4 N–H and O–H groups in total. The molecule has 3 aromatic rings. The summed E-state index contributed by atoms with van der Waals surface area (Å²) in [5.41, 5.74) is 6.86. The molecule has 1 fully saturated rings. The molecule has 1 aliphatic carbocycles. The summed E-state index contributed by atoms with van der Waals surface area (Å²) in [5.74, 6) is -0.351. The number of benzene rings is 2. The largest absolute Gasteiger partial charge is 0.465 e. The highest BCUT2D eigenvalue weighted by molar-refractivity contribution is 5.92. The fourth-order valence-electron chi connectivity index (χ4n) is 3.21. The fourth-order valence-corrected chi connectivity index (χ4v) is 3.21. The summed E-state index contributed by atoms with van der Waals surface area (Å²) in [6.45, 7) is 6.50. The lowest BCUT2D eigenvalue weighted by Gasteiger charge is -2.26. The molecule has 0 radical (unpaired) electrons. The van der Waals surface area contributed by atoms with Gasteiger partial charge in [0.25, 0.3) is 0 Å². The van der Waals surface area contributed by atoms with Gasteiger partial charge in [0.2, 0.25) is 0 Å². The van der Waals surface area contributed by atoms with E-state index in [1.165, 1.54) is 18.2 Å². The van der Waals surface area contributed by atoms with E-state index >= 15 is 0 Å². The molecule has 2 aromatic carbocycles. The number of H-pyrrole nitrogens is 1. The highest BCUT2D eigenvalue weighted by Crippen LogP contribution is 2.45. The van der Waals surface area contributed by atoms with Crippen molar-refractivity contribution < 1.29 is 23.1 Å². The quantitative estimate of drug-likeness (QED) is 0.426. The lowest BCUT2D eigenvalue weighted by molar-refractivity contribution is 0.205. The molecule has 1 saturated carbocycles. The van der Waals surface area contributed by atoms with Crippen LogP contribution in [0.3, 0.4) is 0 Å². The summed E-state index contributed by atoms with van der Waals surface area (Å²) >= 11 is 0. The molecule has 4 rings (SSSR count). The Morgan fingerprint density at radius 3 is 2.07 bits per heavy atom. The number of rotatable bonds is 2. The molecule has 30 heavy (non-hydrogen) atoms. The highest BCUT2D eigenvalue weighted by Gasteiger charge is 2.27. The summed E-state index contributed by atoms with van der Waals surface area (Å²) in [7, 11) is 0. The van der Waals surface area contributed by atoms with Crippen LogP contribution in [0.2, 0.25) is 0 Å². The Morgan fingerprint density at radius 2 is 1.60 bits per heavy atom. The van der Waals surface area contributed by atoms with Crippen LogP contribution >= 0.6 is 0 Å². The second-order valence-electron chi connectivity index (χ2n) is 7.93. The van der Waals surface area contributed by atoms with Crippen LogP contribution in [0.4, 0.5) is 18.0 Å². The Bertz CT molecular complexity index is 987. The van der Waals surface area contributed by atoms with Gasteiger partial charge in [-0.3, -0.25) is 0 Å². The number of carbonyl (C=O) groups is 1. The van der Waals surface area contributed by atoms with Gasteiger partial charge < -0.3 is 15.8 Å². The van der Waals surface area contributed by atoms with Crippen LogP contribution in [0, 0.1) is 23.4 Å². The molecule has 0 atom stereocenters. The lowest BCUT2D eigenvalue weighted by Crippen LogP contribution is -2.09. The predicted molar refractivity (Wildman–Crippen MR) is 113 cm³/mol. The van der Waals surface area contributed by atoms with E-state index in [2.05, 4.69) is 31.5 Å². The maximum Gasteiger partial charge on any atom is 0.402 e. The molecular formula is C23H27F3N2O2. The summed E-state index contributed by atoms with van der Waals surface area (Å²) in [6.07, 6.45) is 1.82. The Balaban J connectivity index is 0.000000347. The van der Waals surface area contributed by atoms with Gasteiger partial charge in [0.1, 0.15) is 17.5 Å². The molecule has 1 aliphatic rings. The van der Waals surface area contributed by atoms with E-state index < -0.39 is 17.7 Å². The maximum atomic E-state index is 14.1. The van der Waals surface area contributed by atoms with Crippen molar-refractivity contribution in [1.29, 1.82) is 0 Å². The average molecular weight is 420 g/mol. The van der Waals surface area contributed by atoms with Crippen LogP contribution in [0.25, 0.3) is 22.2 Å². The standard InChI is InChI=1S/C18H14F3N.C4H10.CH3NO2/c19-12-6-4-11(5-7-12)17-16(10-2-1-3-10)14-8-13(20)9-15(21)18(14)22-17;1-4(2)3;2-1(3)4/h4-10,22H,1-3H2;4H,1-3H3;2H2,(H,3,4). The monoisotopic (exact) mass is 420 g/mol. The number of nitrogens with one attached hydrogen (secondary N) is 1. The number of carboxylic acid groups (broad SMARTS) is 1. The number of fused-ring (bicyclic) bond motifs is 1. The van der Waals surface area contributed by atoms with E-state index in [0.717, 1.165) is 48.1 Å². The first kappa shape index (κ1) is 23.3. The van der Waals surface area contributed by atoms with Gasteiger partial charge in [0.05, 0.1) is 11.2 Å². The first-order valence-corrected chi connectivity index (χ1v) is 9.85. The van der Waals surface area contributed by atoms with E-state index in [4.69, 9.17) is 9.90 Å². The third-order valence-corrected chi connectivity index (χ3v) is 4.51. The summed E-state index contributed by atoms with van der Waals surface area (Å²) < 4.78 is 40.8. The number of aromatic amines is 1. The molecular weight excluding hydrogens is 393 g/mol. The van der Waals surface area contributed by atoms with Gasteiger partial charge in [-0.1, -0.05) is 27.2 Å². The Morgan fingerprint density at radius 1 is 1.07 bits per heavy atom. The van der Waals surface area contributed by atoms with Gasteiger partial charge in [-0.25, -0.2) is 18.0 Å². The lowest BCUT2D eigenvalue weighted by atomic mass is 9.78. The average Bonchev–Trinajstić information content (AvgIpc) is 2.93. The second-order valence-corrected chi connectivity index (χ2v) is 7.93. The van der Waals surface area contributed by atoms with E-state index in [9.17, 15) is 13.2 Å². The van der Waals surface area contributed by atoms with Crippen molar-refractivity contribution in [2.75, 3.05) is 0 Å². The number of amides is 1. The normalized spacial score (nSPS) is 13.2. The van der Waals surface area contributed by atoms with Crippen molar-refractivity contribution in [3.8, 4) is 11.3 Å². The van der Waals surface area contributed by atoms with Crippen molar-refractivity contribution >= 4 is 17.0 Å². The number of primary amides is 1. The number of halogens is 3. The van der Waals surface area contributed by atoms with Crippen LogP contribution in [0.5, 0.6) is 0 Å². The number of nitrogens with two attached hydrogens (primary N) is 1. The maximum absolute atomic E-state index is 14.1. The topological polar surface area (TPSA) is 79.1 Å². The number of hydrogen-bond acceptors (Lipinski definition) is 1. The molecule has 162 valence electrons. The zero-order valence-corrected chi connectivity index (χ0v) is 17.3. The van der Waals surface area contributed by atoms with Gasteiger partial charge in [0.15, 0.2) is 0 Å². The minimum Gasteiger partial charge on any atom is -0.465 e. The third-order valence-electron chi connectivity index (χ3n) is 4.51. The highest BCUT2D eigenvalue weighted by atomic mass is 19.1. The molecule has 4 nitrogen and oxygen atoms in total. The predicted octanol–water partition coefficient (Wildman–Crippen LogP) is 6.81. The summed E-state index contributed by atoms with van der Waals surface area (Å²) in [5, 5.41) is 7.79. The number of aromatic nitrogens is 1. The molecule has 0 spiro atoms. The van der Waals surface area contributed by atoms with E-state index in [1.54, 1.807) is 12.1 Å². The smallest absolute Gasteiger partial charge is 0.402 e. The second kappa shape index (κ2) is 10.2. The van der Waals surface area contributed by atoms with E-state index in [1.807, 2.05) is 0 Å². The molecule has 1 amide bonds. The van der Waals surface area contributed by atoms with Crippen molar-refractivity contribution in [2.24, 2.45) is 11.7 Å². The Hall–Kier alpha value is -2.96. The molecule has 0 aliphatic heterocycles. The molecule has 0 saturated heterocycles. The van der Waals surface area contributed by atoms with E-state index in [-0.39, 0.29) is 5.82 Å². The van der Waals surface area contributed by atoms with Gasteiger partial charge in [0, 0.05) is 11.5 Å². The van der Waals surface area contributed by atoms with Crippen molar-refractivity contribution in [2.45, 2.75) is 46.0 Å². The van der Waals surface area contributed by atoms with Crippen molar-refractivity contribution in [3.63, 3.8) is 0 Å². The Labute approximate surface area is 173 Å². The summed E-state index contributed by atoms with van der Waals surface area (Å²) in [6, 6.07) is 8.35. The zero-order chi connectivity index (χ0) is 22.4.